The summed E-state index contributed by atoms with van der Waals surface area (Å²) in [6.07, 6.45) is 0. The topological polar surface area (TPSA) is 39.1 Å². The van der Waals surface area contributed by atoms with Crippen LogP contribution in [0.4, 0.5) is 0 Å². The fourth-order valence-electron chi connectivity index (χ4n) is 2.06. The van der Waals surface area contributed by atoms with E-state index in [0.717, 1.165) is 38.5 Å². The molecule has 2 rings (SSSR count). The van der Waals surface area contributed by atoms with Gasteiger partial charge >= 0.3 is 0 Å². The van der Waals surface area contributed by atoms with Crippen molar-refractivity contribution in [2.75, 3.05) is 19.8 Å². The third-order valence-electron chi connectivity index (χ3n) is 2.95. The molecule has 18 heavy (non-hydrogen) atoms. The number of aryl methyl sites for hydroxylation is 1. The summed E-state index contributed by atoms with van der Waals surface area (Å²) in [5.74, 6) is 0. The van der Waals surface area contributed by atoms with Gasteiger partial charge in [-0.05, 0) is 19.9 Å². The molecule has 1 heterocycles. The van der Waals surface area contributed by atoms with Gasteiger partial charge in [0.1, 0.15) is 0 Å². The highest BCUT2D eigenvalue weighted by atomic mass is 16.5. The largest absolute Gasteiger partial charge is 0.380 e. The Balaban J connectivity index is 2.04. The maximum Gasteiger partial charge on any atom is 0.0841 e. The van der Waals surface area contributed by atoms with Gasteiger partial charge in [0.15, 0.2) is 0 Å². The van der Waals surface area contributed by atoms with Crippen LogP contribution in [-0.4, -0.2) is 29.5 Å². The molecule has 0 amide bonds. The molecule has 0 fully saturated rings. The van der Waals surface area contributed by atoms with Crippen LogP contribution in [0.2, 0.25) is 0 Å². The van der Waals surface area contributed by atoms with Crippen LogP contribution in [0.1, 0.15) is 19.5 Å². The molecule has 2 aromatic rings. The highest BCUT2D eigenvalue weighted by Gasteiger charge is 2.07. The molecule has 1 N–H and O–H groups in total. The molecule has 0 unspecified atom stereocenters. The highest BCUT2D eigenvalue weighted by Crippen LogP contribution is 2.17. The van der Waals surface area contributed by atoms with Gasteiger partial charge in [-0.2, -0.15) is 5.10 Å². The Morgan fingerprint density at radius 1 is 1.28 bits per heavy atom. The summed E-state index contributed by atoms with van der Waals surface area (Å²) in [6, 6.07) is 8.37. The first kappa shape index (κ1) is 13.1. The molecular weight excluding hydrogens is 226 g/mol. The summed E-state index contributed by atoms with van der Waals surface area (Å²) >= 11 is 0. The minimum absolute atomic E-state index is 0.753. The van der Waals surface area contributed by atoms with Crippen molar-refractivity contribution in [1.29, 1.82) is 0 Å². The smallest absolute Gasteiger partial charge is 0.0841 e. The molecule has 0 radical (unpaired) electrons. The van der Waals surface area contributed by atoms with Gasteiger partial charge in [-0.15, -0.1) is 0 Å². The Morgan fingerprint density at radius 2 is 2.11 bits per heavy atom. The van der Waals surface area contributed by atoms with E-state index < -0.39 is 0 Å². The first-order valence-electron chi connectivity index (χ1n) is 6.59. The van der Waals surface area contributed by atoms with Crippen LogP contribution in [0.25, 0.3) is 10.9 Å². The second kappa shape index (κ2) is 6.52. The number of nitrogens with zero attached hydrogens (tertiary/aromatic N) is 2. The fraction of sp³-hybridized carbons (Fsp3) is 0.500. The van der Waals surface area contributed by atoms with Crippen LogP contribution in [-0.2, 0) is 17.8 Å². The van der Waals surface area contributed by atoms with E-state index in [-0.39, 0.29) is 0 Å². The summed E-state index contributed by atoms with van der Waals surface area (Å²) < 4.78 is 7.35. The van der Waals surface area contributed by atoms with E-state index in [2.05, 4.69) is 46.3 Å². The van der Waals surface area contributed by atoms with Gasteiger partial charge < -0.3 is 10.1 Å². The number of aromatic nitrogens is 2. The Kier molecular flexibility index (Phi) is 4.73. The lowest BCUT2D eigenvalue weighted by Gasteiger charge is -2.02. The van der Waals surface area contributed by atoms with Gasteiger partial charge in [0.05, 0.1) is 17.8 Å². The molecule has 0 bridgehead atoms. The van der Waals surface area contributed by atoms with Crippen LogP contribution >= 0.6 is 0 Å². The number of para-hydroxylation sites is 1. The normalized spacial score (nSPS) is 11.2. The van der Waals surface area contributed by atoms with Gasteiger partial charge in [0.25, 0.3) is 0 Å². The number of hydrogen-bond donors (Lipinski definition) is 1. The first-order valence-corrected chi connectivity index (χ1v) is 6.59. The minimum Gasteiger partial charge on any atom is -0.380 e. The van der Waals surface area contributed by atoms with Crippen molar-refractivity contribution in [2.24, 2.45) is 0 Å². The molecule has 0 atom stereocenters. The van der Waals surface area contributed by atoms with Crippen LogP contribution in [0.5, 0.6) is 0 Å². The highest BCUT2D eigenvalue weighted by molar-refractivity contribution is 5.81. The lowest BCUT2D eigenvalue weighted by atomic mass is 10.2. The Bertz CT molecular complexity index is 493. The van der Waals surface area contributed by atoms with E-state index in [0.29, 0.717) is 0 Å². The number of benzene rings is 1. The van der Waals surface area contributed by atoms with Gasteiger partial charge in [0, 0.05) is 31.6 Å². The van der Waals surface area contributed by atoms with Crippen molar-refractivity contribution in [3.8, 4) is 0 Å². The molecule has 0 aliphatic rings. The number of fused-ring (bicyclic) bond motifs is 1. The van der Waals surface area contributed by atoms with E-state index in [1.54, 1.807) is 0 Å². The molecule has 0 saturated heterocycles. The Labute approximate surface area is 108 Å². The second-order valence-electron chi connectivity index (χ2n) is 4.15. The molecule has 1 aromatic heterocycles. The predicted octanol–water partition coefficient (Wildman–Crippen LogP) is 2.18. The quantitative estimate of drug-likeness (QED) is 0.762. The molecule has 4 nitrogen and oxygen atoms in total. The van der Waals surface area contributed by atoms with Crippen molar-refractivity contribution in [3.05, 3.63) is 30.0 Å². The second-order valence-corrected chi connectivity index (χ2v) is 4.15. The van der Waals surface area contributed by atoms with Crippen LogP contribution in [0, 0.1) is 0 Å². The number of hydrogen-bond acceptors (Lipinski definition) is 3. The summed E-state index contributed by atoms with van der Waals surface area (Å²) in [7, 11) is 0. The minimum atomic E-state index is 0.753. The number of nitrogens with one attached hydrogen (secondary N) is 1. The Hall–Kier alpha value is -1.39. The standard InChI is InChI=1S/C14H21N3O/c1-3-17-14-8-6-5-7-12(14)13(16-17)11-15-9-10-18-4-2/h5-8,15H,3-4,9-11H2,1-2H3. The van der Waals surface area contributed by atoms with E-state index in [9.17, 15) is 0 Å². The molecule has 0 aliphatic carbocycles. The number of rotatable bonds is 7. The van der Waals surface area contributed by atoms with Gasteiger partial charge in [-0.25, -0.2) is 0 Å². The first-order chi connectivity index (χ1) is 8.86. The van der Waals surface area contributed by atoms with Crippen LogP contribution in [0.3, 0.4) is 0 Å². The van der Waals surface area contributed by atoms with E-state index in [1.165, 1.54) is 10.9 Å². The molecule has 0 aliphatic heterocycles. The van der Waals surface area contributed by atoms with E-state index >= 15 is 0 Å². The monoisotopic (exact) mass is 247 g/mol. The molecule has 1 aromatic carbocycles. The zero-order valence-corrected chi connectivity index (χ0v) is 11.1. The third kappa shape index (κ3) is 2.89. The molecule has 4 heteroatoms. The van der Waals surface area contributed by atoms with Gasteiger partial charge in [0.2, 0.25) is 0 Å². The zero-order chi connectivity index (χ0) is 12.8. The van der Waals surface area contributed by atoms with Crippen molar-refractivity contribution in [1.82, 2.24) is 15.1 Å². The molecule has 98 valence electrons. The van der Waals surface area contributed by atoms with Gasteiger partial charge in [-0.1, -0.05) is 18.2 Å². The lowest BCUT2D eigenvalue weighted by Crippen LogP contribution is -2.19. The van der Waals surface area contributed by atoms with Crippen molar-refractivity contribution in [2.45, 2.75) is 26.9 Å². The maximum absolute atomic E-state index is 5.30. The Morgan fingerprint density at radius 3 is 2.89 bits per heavy atom. The number of ether oxygens (including phenoxy) is 1. The summed E-state index contributed by atoms with van der Waals surface area (Å²) in [4.78, 5) is 0. The van der Waals surface area contributed by atoms with Gasteiger partial charge in [-0.3, -0.25) is 4.68 Å². The third-order valence-corrected chi connectivity index (χ3v) is 2.95. The van der Waals surface area contributed by atoms with Crippen molar-refractivity contribution >= 4 is 10.9 Å². The summed E-state index contributed by atoms with van der Waals surface area (Å²) in [6.45, 7) is 8.21. The summed E-state index contributed by atoms with van der Waals surface area (Å²) in [5, 5.41) is 9.24. The lowest BCUT2D eigenvalue weighted by molar-refractivity contribution is 0.149. The maximum atomic E-state index is 5.30. The summed E-state index contributed by atoms with van der Waals surface area (Å²) in [5.41, 5.74) is 2.32. The van der Waals surface area contributed by atoms with E-state index in [4.69, 9.17) is 4.74 Å². The van der Waals surface area contributed by atoms with Crippen molar-refractivity contribution < 1.29 is 4.74 Å². The molecular formula is C14H21N3O. The van der Waals surface area contributed by atoms with E-state index in [1.807, 2.05) is 6.92 Å². The van der Waals surface area contributed by atoms with Crippen LogP contribution < -0.4 is 5.32 Å². The fourth-order valence-corrected chi connectivity index (χ4v) is 2.06. The molecule has 0 spiro atoms. The average Bonchev–Trinajstić information content (AvgIpc) is 2.77. The predicted molar refractivity (Wildman–Crippen MR) is 73.6 cm³/mol. The average molecular weight is 247 g/mol. The van der Waals surface area contributed by atoms with Crippen LogP contribution in [0.15, 0.2) is 24.3 Å². The zero-order valence-electron chi connectivity index (χ0n) is 11.1. The van der Waals surface area contributed by atoms with Crippen molar-refractivity contribution in [3.63, 3.8) is 0 Å². The SMILES string of the molecule is CCOCCNCc1nn(CC)c2ccccc12. The molecule has 0 saturated carbocycles.